The quantitative estimate of drug-likeness (QED) is 0.0644. The van der Waals surface area contributed by atoms with Gasteiger partial charge in [0.15, 0.2) is 5.96 Å². The van der Waals surface area contributed by atoms with Crippen LogP contribution in [0, 0.1) is 5.92 Å². The SMILES string of the molecule is COC(=O)[C@H]1[C@H]([C@@H](N)CCCN=C(N)N)N2CC(=O)N[C@@H](CC(=O)O)C(=O)N([C@@H](Cc3ccccc3)C(=O)O)C[C@H]1O2. The second-order valence-electron chi connectivity index (χ2n) is 10.1. The summed E-state index contributed by atoms with van der Waals surface area (Å²) in [6.45, 7) is -0.649. The summed E-state index contributed by atoms with van der Waals surface area (Å²) in [4.78, 5) is 75.0. The molecule has 1 unspecified atom stereocenters. The molecule has 3 rings (SSSR count). The van der Waals surface area contributed by atoms with Crippen molar-refractivity contribution in [1.82, 2.24) is 15.3 Å². The average molecular weight is 592 g/mol. The molecule has 0 aromatic heterocycles. The predicted octanol–water partition coefficient (Wildman–Crippen LogP) is -2.36. The first-order chi connectivity index (χ1) is 19.9. The lowest BCUT2D eigenvalue weighted by molar-refractivity contribution is -0.183. The van der Waals surface area contributed by atoms with Crippen LogP contribution in [-0.4, -0.2) is 113 Å². The molecular formula is C26H37N7O9. The van der Waals surface area contributed by atoms with Gasteiger partial charge in [-0.05, 0) is 18.4 Å². The number of ether oxygens (including phenoxy) is 1. The molecule has 42 heavy (non-hydrogen) atoms. The molecule has 2 heterocycles. The molecule has 2 saturated heterocycles. The Hall–Kier alpha value is -4.28. The molecule has 230 valence electrons. The zero-order chi connectivity index (χ0) is 31.0. The number of benzene rings is 1. The summed E-state index contributed by atoms with van der Waals surface area (Å²) >= 11 is 0. The molecule has 1 aromatic rings. The summed E-state index contributed by atoms with van der Waals surface area (Å²) < 4.78 is 5.04. The van der Waals surface area contributed by atoms with Crippen LogP contribution in [0.3, 0.4) is 0 Å². The number of hydroxylamine groups is 2. The smallest absolute Gasteiger partial charge is 0.326 e. The summed E-state index contributed by atoms with van der Waals surface area (Å²) in [7, 11) is 1.16. The maximum absolute atomic E-state index is 13.8. The van der Waals surface area contributed by atoms with Gasteiger partial charge in [-0.15, -0.1) is 0 Å². The van der Waals surface area contributed by atoms with E-state index in [1.807, 2.05) is 0 Å². The molecule has 2 fully saturated rings. The largest absolute Gasteiger partial charge is 0.481 e. The van der Waals surface area contributed by atoms with E-state index in [0.717, 1.165) is 12.0 Å². The molecule has 2 aliphatic rings. The minimum absolute atomic E-state index is 0.0962. The molecule has 7 atom stereocenters. The summed E-state index contributed by atoms with van der Waals surface area (Å²) in [6.07, 6.45) is -1.36. The van der Waals surface area contributed by atoms with Gasteiger partial charge in [0.25, 0.3) is 0 Å². The van der Waals surface area contributed by atoms with Crippen molar-refractivity contribution in [3.05, 3.63) is 35.9 Å². The highest BCUT2D eigenvalue weighted by Crippen LogP contribution is 2.33. The molecule has 0 spiro atoms. The first-order valence-corrected chi connectivity index (χ1v) is 13.3. The van der Waals surface area contributed by atoms with Crippen LogP contribution in [-0.2, 0) is 40.0 Å². The van der Waals surface area contributed by atoms with Gasteiger partial charge in [0.1, 0.15) is 30.7 Å². The van der Waals surface area contributed by atoms with Crippen LogP contribution in [0.25, 0.3) is 0 Å². The maximum atomic E-state index is 13.8. The number of rotatable bonds is 12. The third-order valence-corrected chi connectivity index (χ3v) is 7.18. The molecule has 0 aliphatic carbocycles. The molecule has 16 heteroatoms. The normalized spacial score (nSPS) is 25.6. The number of guanidine groups is 1. The van der Waals surface area contributed by atoms with Gasteiger partial charge in [-0.3, -0.25) is 29.0 Å². The van der Waals surface area contributed by atoms with E-state index < -0.39 is 85.4 Å². The Bertz CT molecular complexity index is 1180. The van der Waals surface area contributed by atoms with Gasteiger partial charge < -0.3 is 42.4 Å². The molecule has 2 aliphatic heterocycles. The van der Waals surface area contributed by atoms with E-state index in [4.69, 9.17) is 26.8 Å². The number of aliphatic imine (C=N–C) groups is 1. The van der Waals surface area contributed by atoms with Crippen LogP contribution in [0.4, 0.5) is 0 Å². The van der Waals surface area contributed by atoms with Crippen molar-refractivity contribution in [3.63, 3.8) is 0 Å². The monoisotopic (exact) mass is 591 g/mol. The average Bonchev–Trinajstić information content (AvgIpc) is 3.28. The molecule has 2 amide bonds. The zero-order valence-electron chi connectivity index (χ0n) is 23.1. The lowest BCUT2D eigenvalue weighted by Gasteiger charge is -2.35. The number of nitrogens with two attached hydrogens (primary N) is 3. The van der Waals surface area contributed by atoms with E-state index in [2.05, 4.69) is 10.3 Å². The van der Waals surface area contributed by atoms with E-state index in [0.29, 0.717) is 18.4 Å². The van der Waals surface area contributed by atoms with Crippen LogP contribution in [0.5, 0.6) is 0 Å². The molecular weight excluding hydrogens is 554 g/mol. The van der Waals surface area contributed by atoms with Crippen molar-refractivity contribution in [2.75, 3.05) is 26.7 Å². The second kappa shape index (κ2) is 14.6. The number of amides is 2. The standard InChI is InChI=1S/C26H37N7O9/c1-41-25(40)21-18-12-32(17(24(38)39)10-14-6-3-2-4-7-14)23(37)16(11-20(35)36)31-19(34)13-33(42-18)22(21)15(27)8-5-9-30-26(28)29/h2-4,6-7,15-18,21-22H,5,8-13,27H2,1H3,(H,31,34)(H,35,36)(H,38,39)(H4,28,29,30)/t15-,16-,17-,18+,21+,22-/m0/s1. The topological polar surface area (TPSA) is 253 Å². The number of nitrogens with zero attached hydrogens (tertiary/aromatic N) is 3. The molecule has 0 radical (unpaired) electrons. The summed E-state index contributed by atoms with van der Waals surface area (Å²) in [5, 5.41) is 23.3. The van der Waals surface area contributed by atoms with Gasteiger partial charge >= 0.3 is 17.9 Å². The first kappa shape index (κ1) is 32.2. The van der Waals surface area contributed by atoms with Crippen molar-refractivity contribution >= 4 is 35.7 Å². The maximum Gasteiger partial charge on any atom is 0.326 e. The Morgan fingerprint density at radius 3 is 2.48 bits per heavy atom. The van der Waals surface area contributed by atoms with E-state index in [1.54, 1.807) is 30.3 Å². The Balaban J connectivity index is 2.04. The van der Waals surface area contributed by atoms with Gasteiger partial charge in [-0.25, -0.2) is 4.79 Å². The van der Waals surface area contributed by atoms with E-state index >= 15 is 0 Å². The van der Waals surface area contributed by atoms with E-state index in [9.17, 15) is 34.2 Å². The predicted molar refractivity (Wildman–Crippen MR) is 146 cm³/mol. The highest BCUT2D eigenvalue weighted by atomic mass is 16.7. The molecule has 9 N–H and O–H groups in total. The Labute approximate surface area is 241 Å². The number of carboxylic acids is 2. The zero-order valence-corrected chi connectivity index (χ0v) is 23.1. The summed E-state index contributed by atoms with van der Waals surface area (Å²) in [5.74, 6) is -6.45. The number of aliphatic carboxylic acids is 2. The fourth-order valence-electron chi connectivity index (χ4n) is 5.30. The number of fused-ring (bicyclic) bond motifs is 2. The van der Waals surface area contributed by atoms with Crippen molar-refractivity contribution in [2.45, 2.75) is 56.0 Å². The third kappa shape index (κ3) is 8.14. The first-order valence-electron chi connectivity index (χ1n) is 13.3. The van der Waals surface area contributed by atoms with Gasteiger partial charge in [0.05, 0.1) is 26.1 Å². The number of esters is 1. The van der Waals surface area contributed by atoms with Crippen LogP contribution >= 0.6 is 0 Å². The molecule has 16 nitrogen and oxygen atoms in total. The van der Waals surface area contributed by atoms with E-state index in [-0.39, 0.29) is 18.9 Å². The number of nitrogens with one attached hydrogen (secondary N) is 1. The van der Waals surface area contributed by atoms with E-state index in [1.165, 1.54) is 5.06 Å². The van der Waals surface area contributed by atoms with Crippen molar-refractivity contribution < 1.29 is 43.8 Å². The summed E-state index contributed by atoms with van der Waals surface area (Å²) in [5.41, 5.74) is 17.8. The summed E-state index contributed by atoms with van der Waals surface area (Å²) in [6, 6.07) is 3.77. The van der Waals surface area contributed by atoms with Crippen LogP contribution in [0.15, 0.2) is 35.3 Å². The Morgan fingerprint density at radius 1 is 1.19 bits per heavy atom. The van der Waals surface area contributed by atoms with Crippen LogP contribution < -0.4 is 22.5 Å². The fourth-order valence-corrected chi connectivity index (χ4v) is 5.30. The lowest BCUT2D eigenvalue weighted by Crippen LogP contribution is -2.58. The van der Waals surface area contributed by atoms with Crippen molar-refractivity contribution in [3.8, 4) is 0 Å². The highest BCUT2D eigenvalue weighted by Gasteiger charge is 2.53. The van der Waals surface area contributed by atoms with Gasteiger partial charge in [0, 0.05) is 19.0 Å². The minimum Gasteiger partial charge on any atom is -0.481 e. The second-order valence-corrected chi connectivity index (χ2v) is 10.1. The number of hydrogen-bond acceptors (Lipinski definition) is 10. The third-order valence-electron chi connectivity index (χ3n) is 7.18. The Morgan fingerprint density at radius 2 is 1.88 bits per heavy atom. The lowest BCUT2D eigenvalue weighted by atomic mass is 9.87. The van der Waals surface area contributed by atoms with Gasteiger partial charge in [0.2, 0.25) is 11.8 Å². The molecule has 2 bridgehead atoms. The number of carbonyl (C=O) groups excluding carboxylic acids is 3. The fraction of sp³-hybridized carbons (Fsp3) is 0.538. The number of hydrogen-bond donors (Lipinski definition) is 6. The molecule has 0 saturated carbocycles. The minimum atomic E-state index is -1.57. The van der Waals surface area contributed by atoms with Gasteiger partial charge in [-0.1, -0.05) is 30.3 Å². The number of carbonyl (C=O) groups is 5. The van der Waals surface area contributed by atoms with Crippen LogP contribution in [0.2, 0.25) is 0 Å². The van der Waals surface area contributed by atoms with Gasteiger partial charge in [-0.2, -0.15) is 5.06 Å². The highest BCUT2D eigenvalue weighted by molar-refractivity contribution is 5.93. The number of methoxy groups -OCH3 is 1. The number of carboxylic acid groups (broad SMARTS) is 2. The van der Waals surface area contributed by atoms with Crippen molar-refractivity contribution in [1.29, 1.82) is 0 Å². The molecule has 1 aromatic carbocycles. The van der Waals surface area contributed by atoms with Crippen LogP contribution in [0.1, 0.15) is 24.8 Å². The van der Waals surface area contributed by atoms with Crippen molar-refractivity contribution in [2.24, 2.45) is 28.1 Å². The Kier molecular flexibility index (Phi) is 11.2.